The van der Waals surface area contributed by atoms with Crippen molar-refractivity contribution in [3.8, 4) is 11.3 Å². The van der Waals surface area contributed by atoms with Crippen LogP contribution in [0.15, 0.2) is 29.6 Å². The number of nitrogens with one attached hydrogen (secondary N) is 1. The van der Waals surface area contributed by atoms with Crippen LogP contribution in [0.4, 0.5) is 9.52 Å². The molecule has 1 aromatic heterocycles. The van der Waals surface area contributed by atoms with E-state index in [0.29, 0.717) is 10.8 Å². The van der Waals surface area contributed by atoms with E-state index in [0.717, 1.165) is 23.0 Å². The summed E-state index contributed by atoms with van der Waals surface area (Å²) in [4.78, 5) is 18.4. The van der Waals surface area contributed by atoms with Gasteiger partial charge in [-0.2, -0.15) is 0 Å². The second kappa shape index (κ2) is 9.10. The van der Waals surface area contributed by atoms with E-state index < -0.39 is 0 Å². The molecular formula is C16H18FN3OS3. The Balaban J connectivity index is 1.89. The molecule has 0 aliphatic heterocycles. The normalized spacial score (nSPS) is 10.5. The van der Waals surface area contributed by atoms with Gasteiger partial charge >= 0.3 is 0 Å². The van der Waals surface area contributed by atoms with Crippen molar-refractivity contribution in [2.75, 3.05) is 24.2 Å². The van der Waals surface area contributed by atoms with Gasteiger partial charge in [0.15, 0.2) is 5.13 Å². The van der Waals surface area contributed by atoms with Crippen LogP contribution in [0.5, 0.6) is 0 Å². The minimum Gasteiger partial charge on any atom is -0.358 e. The number of benzene rings is 1. The third-order valence-corrected chi connectivity index (χ3v) is 5.52. The fourth-order valence-electron chi connectivity index (χ4n) is 1.94. The van der Waals surface area contributed by atoms with Crippen LogP contribution in [0.3, 0.4) is 0 Å². The number of halogens is 1. The largest absolute Gasteiger partial charge is 0.358 e. The third kappa shape index (κ3) is 5.25. The van der Waals surface area contributed by atoms with Crippen LogP contribution in [-0.4, -0.2) is 39.0 Å². The number of carbonyl (C=O) groups is 1. The average Bonchev–Trinajstić information content (AvgIpc) is 3.03. The molecule has 0 radical (unpaired) electrons. The topological polar surface area (TPSA) is 45.2 Å². The smallest absolute Gasteiger partial charge is 0.236 e. The Labute approximate surface area is 154 Å². The molecule has 1 heterocycles. The lowest BCUT2D eigenvalue weighted by Crippen LogP contribution is -2.28. The summed E-state index contributed by atoms with van der Waals surface area (Å²) in [7, 11) is 0. The second-order valence-electron chi connectivity index (χ2n) is 4.82. The Kier molecular flexibility index (Phi) is 7.14. The summed E-state index contributed by atoms with van der Waals surface area (Å²) in [5, 5.41) is 5.12. The predicted octanol–water partition coefficient (Wildman–Crippen LogP) is 4.25. The van der Waals surface area contributed by atoms with Crippen molar-refractivity contribution in [3.05, 3.63) is 35.5 Å². The number of amides is 1. The number of hydrogen-bond acceptors (Lipinski definition) is 5. The lowest BCUT2D eigenvalue weighted by atomic mass is 10.2. The summed E-state index contributed by atoms with van der Waals surface area (Å²) in [5.74, 6) is -0.181. The highest BCUT2D eigenvalue weighted by atomic mass is 32.2. The molecule has 0 saturated carbocycles. The molecule has 0 bridgehead atoms. The van der Waals surface area contributed by atoms with Crippen molar-refractivity contribution in [1.29, 1.82) is 0 Å². The van der Waals surface area contributed by atoms with Crippen LogP contribution in [0.2, 0.25) is 0 Å². The van der Waals surface area contributed by atoms with Gasteiger partial charge in [0.1, 0.15) is 10.1 Å². The van der Waals surface area contributed by atoms with Crippen molar-refractivity contribution in [1.82, 2.24) is 9.88 Å². The Bertz CT molecular complexity index is 699. The lowest BCUT2D eigenvalue weighted by molar-refractivity contribution is -0.113. The van der Waals surface area contributed by atoms with E-state index in [1.54, 1.807) is 12.1 Å². The average molecular weight is 384 g/mol. The number of hydrogen-bond donors (Lipinski definition) is 1. The first kappa shape index (κ1) is 18.8. The number of thiocarbonyl (C=S) groups is 1. The summed E-state index contributed by atoms with van der Waals surface area (Å²) in [6.45, 7) is 5.72. The highest BCUT2D eigenvalue weighted by molar-refractivity contribution is 8.23. The molecule has 2 aromatic rings. The van der Waals surface area contributed by atoms with E-state index in [9.17, 15) is 9.18 Å². The van der Waals surface area contributed by atoms with Crippen molar-refractivity contribution in [2.24, 2.45) is 0 Å². The van der Waals surface area contributed by atoms with Crippen molar-refractivity contribution < 1.29 is 9.18 Å². The van der Waals surface area contributed by atoms with Gasteiger partial charge in [0.05, 0.1) is 11.4 Å². The Morgan fingerprint density at radius 1 is 1.33 bits per heavy atom. The molecular weight excluding hydrogens is 365 g/mol. The highest BCUT2D eigenvalue weighted by Gasteiger charge is 2.11. The van der Waals surface area contributed by atoms with E-state index in [4.69, 9.17) is 12.2 Å². The van der Waals surface area contributed by atoms with E-state index in [2.05, 4.69) is 10.3 Å². The molecule has 0 atom stereocenters. The fraction of sp³-hybridized carbons (Fsp3) is 0.312. The monoisotopic (exact) mass is 383 g/mol. The van der Waals surface area contributed by atoms with Gasteiger partial charge in [-0.25, -0.2) is 9.37 Å². The van der Waals surface area contributed by atoms with Crippen molar-refractivity contribution in [3.63, 3.8) is 0 Å². The summed E-state index contributed by atoms with van der Waals surface area (Å²) in [5.41, 5.74) is 1.52. The molecule has 1 amide bonds. The summed E-state index contributed by atoms with van der Waals surface area (Å²) in [6.07, 6.45) is 0. The summed E-state index contributed by atoms with van der Waals surface area (Å²) < 4.78 is 13.7. The number of thioether (sulfide) groups is 1. The first-order valence-corrected chi connectivity index (χ1v) is 9.73. The molecule has 1 aromatic carbocycles. The zero-order valence-electron chi connectivity index (χ0n) is 13.4. The maximum absolute atomic E-state index is 12.9. The van der Waals surface area contributed by atoms with Gasteiger partial charge in [-0.1, -0.05) is 24.0 Å². The van der Waals surface area contributed by atoms with Crippen LogP contribution < -0.4 is 5.32 Å². The number of nitrogens with zero attached hydrogens (tertiary/aromatic N) is 2. The molecule has 4 nitrogen and oxygen atoms in total. The molecule has 1 N–H and O–H groups in total. The second-order valence-corrected chi connectivity index (χ2v) is 7.29. The highest BCUT2D eigenvalue weighted by Crippen LogP contribution is 2.25. The van der Waals surface area contributed by atoms with Gasteiger partial charge in [0.25, 0.3) is 0 Å². The first-order valence-electron chi connectivity index (χ1n) is 7.46. The van der Waals surface area contributed by atoms with Crippen LogP contribution in [0.25, 0.3) is 11.3 Å². The maximum Gasteiger partial charge on any atom is 0.236 e. The molecule has 0 aliphatic rings. The zero-order chi connectivity index (χ0) is 17.5. The molecule has 128 valence electrons. The number of anilines is 1. The molecule has 0 saturated heterocycles. The molecule has 0 aliphatic carbocycles. The van der Waals surface area contributed by atoms with E-state index in [1.165, 1.54) is 35.2 Å². The van der Waals surface area contributed by atoms with Crippen LogP contribution in [-0.2, 0) is 4.79 Å². The molecule has 24 heavy (non-hydrogen) atoms. The number of rotatable bonds is 6. The zero-order valence-corrected chi connectivity index (χ0v) is 15.9. The molecule has 0 unspecified atom stereocenters. The van der Waals surface area contributed by atoms with Crippen molar-refractivity contribution in [2.45, 2.75) is 13.8 Å². The molecule has 2 rings (SSSR count). The maximum atomic E-state index is 12.9. The number of carbonyl (C=O) groups excluding carboxylic acids is 1. The predicted molar refractivity (Wildman–Crippen MR) is 104 cm³/mol. The third-order valence-electron chi connectivity index (χ3n) is 3.24. The first-order chi connectivity index (χ1) is 11.5. The quantitative estimate of drug-likeness (QED) is 0.756. The fourth-order valence-corrected chi connectivity index (χ4v) is 3.88. The standard InChI is InChI=1S/C16H18FN3OS3/c1-3-20(4-2)16(22)24-10-14(21)19-15-18-13(9-23-15)11-5-7-12(17)8-6-11/h5-9H,3-4,10H2,1-2H3,(H,18,19,21). The minimum atomic E-state index is -0.288. The molecule has 0 fully saturated rings. The van der Waals surface area contributed by atoms with Gasteiger partial charge in [0, 0.05) is 24.0 Å². The Morgan fingerprint density at radius 3 is 2.62 bits per heavy atom. The minimum absolute atomic E-state index is 0.144. The van der Waals surface area contributed by atoms with Crippen LogP contribution in [0, 0.1) is 5.82 Å². The lowest BCUT2D eigenvalue weighted by Gasteiger charge is -2.20. The van der Waals surface area contributed by atoms with Gasteiger partial charge < -0.3 is 10.2 Å². The van der Waals surface area contributed by atoms with Gasteiger partial charge in [0.2, 0.25) is 5.91 Å². The van der Waals surface area contributed by atoms with Gasteiger partial charge in [-0.3, -0.25) is 4.79 Å². The van der Waals surface area contributed by atoms with Gasteiger partial charge in [-0.05, 0) is 38.1 Å². The number of thiazole rings is 1. The van der Waals surface area contributed by atoms with E-state index >= 15 is 0 Å². The Hall–Kier alpha value is -1.51. The van der Waals surface area contributed by atoms with E-state index in [1.807, 2.05) is 24.1 Å². The molecule has 0 spiro atoms. The SMILES string of the molecule is CCN(CC)C(=S)SCC(=O)Nc1nc(-c2ccc(F)cc2)cs1. The number of aromatic nitrogens is 1. The summed E-state index contributed by atoms with van der Waals surface area (Å²) >= 11 is 7.98. The van der Waals surface area contributed by atoms with E-state index in [-0.39, 0.29) is 17.5 Å². The van der Waals surface area contributed by atoms with Gasteiger partial charge in [-0.15, -0.1) is 11.3 Å². The Morgan fingerprint density at radius 2 is 2.00 bits per heavy atom. The van der Waals surface area contributed by atoms with Crippen LogP contribution in [0.1, 0.15) is 13.8 Å². The van der Waals surface area contributed by atoms with Crippen molar-refractivity contribution >= 4 is 50.7 Å². The summed E-state index contributed by atoms with van der Waals surface area (Å²) in [6, 6.07) is 6.10. The molecule has 8 heteroatoms. The van der Waals surface area contributed by atoms with Crippen LogP contribution >= 0.6 is 35.3 Å².